The zero-order valence-electron chi connectivity index (χ0n) is 9.65. The fraction of sp³-hybridized carbons (Fsp3) is 0.545. The molecule has 0 aliphatic rings. The molecule has 1 rings (SSSR count). The third-order valence-electron chi connectivity index (χ3n) is 2.20. The summed E-state index contributed by atoms with van der Waals surface area (Å²) >= 11 is 5.75. The Kier molecular flexibility index (Phi) is 8.35. The number of hydrogen-bond acceptors (Lipinski definition) is 3. The number of hydrogen-bond donors (Lipinski definition) is 0. The minimum absolute atomic E-state index is 0. The molecule has 0 atom stereocenters. The zero-order valence-corrected chi connectivity index (χ0v) is 11.2. The van der Waals surface area contributed by atoms with E-state index in [2.05, 4.69) is 16.8 Å². The summed E-state index contributed by atoms with van der Waals surface area (Å²) in [6.45, 7) is 4.58. The predicted octanol–water partition coefficient (Wildman–Crippen LogP) is 2.71. The van der Waals surface area contributed by atoms with Gasteiger partial charge in [-0.1, -0.05) is 6.07 Å². The lowest BCUT2D eigenvalue weighted by molar-refractivity contribution is 0.205. The lowest BCUT2D eigenvalue weighted by Gasteiger charge is -2.21. The molecule has 0 N–H and O–H groups in total. The molecule has 1 aromatic heterocycles. The van der Waals surface area contributed by atoms with E-state index in [1.165, 1.54) is 0 Å². The normalized spacial score (nSPS) is 9.69. The summed E-state index contributed by atoms with van der Waals surface area (Å²) in [5, 5.41) is 0. The van der Waals surface area contributed by atoms with Gasteiger partial charge < -0.3 is 9.64 Å². The largest absolute Gasteiger partial charge is 0.383 e. The van der Waals surface area contributed by atoms with Gasteiger partial charge in [0, 0.05) is 20.2 Å². The monoisotopic (exact) mass is 264 g/mol. The highest BCUT2D eigenvalue weighted by Gasteiger charge is 2.05. The molecule has 0 saturated carbocycles. The highest BCUT2D eigenvalue weighted by Crippen LogP contribution is 2.12. The second-order valence-electron chi connectivity index (χ2n) is 3.19. The Hall–Kier alpha value is -0.510. The van der Waals surface area contributed by atoms with Crippen LogP contribution in [0.3, 0.4) is 0 Å². The minimum atomic E-state index is 0. The second kappa shape index (κ2) is 8.62. The molecule has 0 fully saturated rings. The number of pyridine rings is 1. The van der Waals surface area contributed by atoms with Crippen molar-refractivity contribution in [1.29, 1.82) is 0 Å². The van der Waals surface area contributed by atoms with Crippen LogP contribution in [-0.2, 0) is 10.6 Å². The molecule has 0 aliphatic heterocycles. The van der Waals surface area contributed by atoms with Crippen molar-refractivity contribution in [2.45, 2.75) is 12.8 Å². The van der Waals surface area contributed by atoms with Gasteiger partial charge >= 0.3 is 0 Å². The molecular weight excluding hydrogens is 247 g/mol. The van der Waals surface area contributed by atoms with Crippen molar-refractivity contribution in [1.82, 2.24) is 4.98 Å². The Morgan fingerprint density at radius 2 is 2.19 bits per heavy atom. The summed E-state index contributed by atoms with van der Waals surface area (Å²) in [6, 6.07) is 5.91. The average Bonchev–Trinajstić information content (AvgIpc) is 2.30. The summed E-state index contributed by atoms with van der Waals surface area (Å²) in [5.41, 5.74) is 0.907. The van der Waals surface area contributed by atoms with E-state index >= 15 is 0 Å². The lowest BCUT2D eigenvalue weighted by atomic mass is 10.3. The quantitative estimate of drug-likeness (QED) is 0.739. The molecule has 0 unspecified atom stereocenters. The number of ether oxygens (including phenoxy) is 1. The molecule has 0 amide bonds. The number of rotatable bonds is 6. The van der Waals surface area contributed by atoms with E-state index < -0.39 is 0 Å². The summed E-state index contributed by atoms with van der Waals surface area (Å²) < 4.78 is 5.06. The topological polar surface area (TPSA) is 25.4 Å². The van der Waals surface area contributed by atoms with Crippen molar-refractivity contribution >= 4 is 29.8 Å². The second-order valence-corrected chi connectivity index (χ2v) is 3.46. The Bertz CT molecular complexity index is 297. The highest BCUT2D eigenvalue weighted by molar-refractivity contribution is 6.16. The molecule has 0 aliphatic carbocycles. The number of anilines is 1. The van der Waals surface area contributed by atoms with Crippen molar-refractivity contribution in [3.05, 3.63) is 23.9 Å². The van der Waals surface area contributed by atoms with Gasteiger partial charge in [-0.15, -0.1) is 24.0 Å². The number of alkyl halides is 1. The molecule has 16 heavy (non-hydrogen) atoms. The van der Waals surface area contributed by atoms with Gasteiger partial charge in [-0.05, 0) is 19.1 Å². The lowest BCUT2D eigenvalue weighted by Crippen LogP contribution is -2.27. The molecule has 0 saturated heterocycles. The van der Waals surface area contributed by atoms with Gasteiger partial charge in [0.1, 0.15) is 5.82 Å². The molecule has 5 heteroatoms. The van der Waals surface area contributed by atoms with E-state index in [0.29, 0.717) is 12.5 Å². The molecule has 0 spiro atoms. The first-order valence-electron chi connectivity index (χ1n) is 5.07. The first-order valence-corrected chi connectivity index (χ1v) is 5.61. The molecular formula is C11H18Cl2N2O. The Labute approximate surface area is 108 Å². The van der Waals surface area contributed by atoms with Crippen LogP contribution < -0.4 is 4.90 Å². The van der Waals surface area contributed by atoms with Gasteiger partial charge in [-0.2, -0.15) is 0 Å². The van der Waals surface area contributed by atoms with Crippen molar-refractivity contribution in [3.63, 3.8) is 0 Å². The van der Waals surface area contributed by atoms with Gasteiger partial charge in [0.05, 0.1) is 18.2 Å². The molecule has 0 bridgehead atoms. The maximum absolute atomic E-state index is 5.75. The van der Waals surface area contributed by atoms with Crippen molar-refractivity contribution in [2.75, 3.05) is 31.7 Å². The van der Waals surface area contributed by atoms with E-state index in [0.717, 1.165) is 24.6 Å². The maximum Gasteiger partial charge on any atom is 0.128 e. The van der Waals surface area contributed by atoms with Crippen molar-refractivity contribution in [2.24, 2.45) is 0 Å². The molecule has 3 nitrogen and oxygen atoms in total. The third-order valence-corrected chi connectivity index (χ3v) is 2.47. The van der Waals surface area contributed by atoms with Crippen LogP contribution in [0.1, 0.15) is 12.6 Å². The van der Waals surface area contributed by atoms with Crippen LogP contribution in [0.2, 0.25) is 0 Å². The zero-order chi connectivity index (χ0) is 11.1. The molecule has 0 aromatic carbocycles. The van der Waals surface area contributed by atoms with Crippen LogP contribution >= 0.6 is 24.0 Å². The number of nitrogens with zero attached hydrogens (tertiary/aromatic N) is 2. The Morgan fingerprint density at radius 1 is 1.44 bits per heavy atom. The van der Waals surface area contributed by atoms with Gasteiger partial charge in [0.15, 0.2) is 0 Å². The predicted molar refractivity (Wildman–Crippen MR) is 70.8 cm³/mol. The summed E-state index contributed by atoms with van der Waals surface area (Å²) in [5.74, 6) is 1.42. The Balaban J connectivity index is 0.00000225. The van der Waals surface area contributed by atoms with E-state index in [-0.39, 0.29) is 12.4 Å². The van der Waals surface area contributed by atoms with Crippen LogP contribution in [0.5, 0.6) is 0 Å². The Morgan fingerprint density at radius 3 is 2.75 bits per heavy atom. The van der Waals surface area contributed by atoms with Gasteiger partial charge in [0.2, 0.25) is 0 Å². The fourth-order valence-corrected chi connectivity index (χ4v) is 1.50. The van der Waals surface area contributed by atoms with Crippen LogP contribution in [0.15, 0.2) is 18.2 Å². The molecule has 1 heterocycles. The maximum atomic E-state index is 5.75. The minimum Gasteiger partial charge on any atom is -0.383 e. The van der Waals surface area contributed by atoms with E-state index in [4.69, 9.17) is 16.3 Å². The summed E-state index contributed by atoms with van der Waals surface area (Å²) in [7, 11) is 1.70. The van der Waals surface area contributed by atoms with Crippen LogP contribution in [0.4, 0.5) is 5.82 Å². The molecule has 92 valence electrons. The van der Waals surface area contributed by atoms with E-state index in [1.807, 2.05) is 18.2 Å². The number of likely N-dealkylation sites (N-methyl/N-ethyl adjacent to an activating group) is 1. The smallest absolute Gasteiger partial charge is 0.128 e. The first kappa shape index (κ1) is 15.5. The van der Waals surface area contributed by atoms with Gasteiger partial charge in [-0.25, -0.2) is 4.98 Å². The standard InChI is InChI=1S/C11H17ClN2O.ClH/c1-3-14(7-8-15-2)11-6-4-5-10(9-12)13-11;/h4-6H,3,7-9H2,1-2H3;1H. The van der Waals surface area contributed by atoms with Gasteiger partial charge in [-0.3, -0.25) is 0 Å². The van der Waals surface area contributed by atoms with Gasteiger partial charge in [0.25, 0.3) is 0 Å². The fourth-order valence-electron chi connectivity index (χ4n) is 1.35. The van der Waals surface area contributed by atoms with Crippen molar-refractivity contribution in [3.8, 4) is 0 Å². The first-order chi connectivity index (χ1) is 7.31. The molecule has 0 radical (unpaired) electrons. The van der Waals surface area contributed by atoms with Crippen LogP contribution in [0, 0.1) is 0 Å². The number of halogens is 2. The van der Waals surface area contributed by atoms with Crippen LogP contribution in [0.25, 0.3) is 0 Å². The van der Waals surface area contributed by atoms with E-state index in [9.17, 15) is 0 Å². The van der Waals surface area contributed by atoms with E-state index in [1.54, 1.807) is 7.11 Å². The molecule has 1 aromatic rings. The third kappa shape index (κ3) is 4.56. The number of methoxy groups -OCH3 is 1. The number of aromatic nitrogens is 1. The van der Waals surface area contributed by atoms with Crippen LogP contribution in [-0.4, -0.2) is 31.8 Å². The average molecular weight is 265 g/mol. The van der Waals surface area contributed by atoms with Crippen molar-refractivity contribution < 1.29 is 4.74 Å². The SMILES string of the molecule is CCN(CCOC)c1cccc(CCl)n1.Cl. The highest BCUT2D eigenvalue weighted by atomic mass is 35.5. The summed E-state index contributed by atoms with van der Waals surface area (Å²) in [6.07, 6.45) is 0. The summed E-state index contributed by atoms with van der Waals surface area (Å²) in [4.78, 5) is 6.62.